The number of aliphatic hydroxyl groups excluding tert-OH is 5. The van der Waals surface area contributed by atoms with Crippen molar-refractivity contribution in [3.8, 4) is 0 Å². The number of ether oxygens (including phenoxy) is 3. The molecule has 6 N–H and O–H groups in total. The van der Waals surface area contributed by atoms with Crippen LogP contribution in [-0.2, 0) is 23.8 Å². The van der Waals surface area contributed by atoms with Gasteiger partial charge in [-0.1, -0.05) is 308 Å². The van der Waals surface area contributed by atoms with Crippen LogP contribution in [0.3, 0.4) is 0 Å². The molecule has 1 heterocycles. The number of esters is 1. The minimum Gasteiger partial charge on any atom is -0.454 e. The average Bonchev–Trinajstić information content (AvgIpc) is 3.46. The number of hydrogen-bond acceptors (Lipinski definition) is 10. The lowest BCUT2D eigenvalue weighted by molar-refractivity contribution is -0.305. The molecule has 1 rings (SSSR count). The topological polar surface area (TPSA) is 175 Å². The summed E-state index contributed by atoms with van der Waals surface area (Å²) in [4.78, 5) is 26.7. The maximum absolute atomic E-state index is 13.5. The standard InChI is InChI=1S/C70H131NO10/c1-4-7-10-13-16-19-22-25-27-29-31-33-34-36-39-42-45-48-51-54-57-63(74)69(78)71-61(62(73)56-53-50-47-44-41-38-24-21-18-15-12-9-6-3)60-79-70-68(67(77)66(76)64(59-72)80-70)81-65(75)58-55-52-49-46-43-40-37-35-32-30-28-26-23-20-17-14-11-8-5-2/h16,19,25,27,53,56,61-64,66-68,70,72-74,76-77H,4-15,17-18,20-24,26,28-52,54-55,57-60H2,1-3H3,(H,71,78)/b19-16-,27-25-,56-53+. The smallest absolute Gasteiger partial charge is 0.306 e. The summed E-state index contributed by atoms with van der Waals surface area (Å²) in [6.07, 6.45) is 60.3. The number of carbonyl (C=O) groups excluding carboxylic acids is 2. The molecule has 81 heavy (non-hydrogen) atoms. The molecule has 0 aromatic rings. The zero-order chi connectivity index (χ0) is 58.9. The predicted octanol–water partition coefficient (Wildman–Crippen LogP) is 17.4. The second-order valence-corrected chi connectivity index (χ2v) is 24.3. The molecule has 1 amide bonds. The van der Waals surface area contributed by atoms with E-state index in [4.69, 9.17) is 14.2 Å². The fourth-order valence-corrected chi connectivity index (χ4v) is 11.0. The van der Waals surface area contributed by atoms with E-state index in [2.05, 4.69) is 50.4 Å². The Hall–Kier alpha value is -2.12. The van der Waals surface area contributed by atoms with Crippen molar-refractivity contribution in [2.24, 2.45) is 0 Å². The lowest BCUT2D eigenvalue weighted by atomic mass is 9.99. The van der Waals surface area contributed by atoms with Crippen molar-refractivity contribution in [3.63, 3.8) is 0 Å². The number of unbranched alkanes of at least 4 members (excludes halogenated alkanes) is 42. The first-order valence-electron chi connectivity index (χ1n) is 34.8. The van der Waals surface area contributed by atoms with Gasteiger partial charge in [-0.05, 0) is 57.8 Å². The molecule has 0 radical (unpaired) electrons. The number of rotatable bonds is 60. The molecule has 0 spiro atoms. The molecule has 0 aromatic heterocycles. The molecular formula is C70H131NO10. The Labute approximate surface area is 498 Å². The molecule has 476 valence electrons. The first kappa shape index (κ1) is 76.9. The Morgan fingerprint density at radius 3 is 1.28 bits per heavy atom. The summed E-state index contributed by atoms with van der Waals surface area (Å²) in [5.41, 5.74) is 0. The van der Waals surface area contributed by atoms with Crippen LogP contribution in [0.15, 0.2) is 36.5 Å². The van der Waals surface area contributed by atoms with Crippen LogP contribution in [0.25, 0.3) is 0 Å². The first-order valence-corrected chi connectivity index (χ1v) is 34.8. The van der Waals surface area contributed by atoms with Gasteiger partial charge >= 0.3 is 5.97 Å². The summed E-state index contributed by atoms with van der Waals surface area (Å²) in [5, 5.41) is 57.2. The molecule has 0 aromatic carbocycles. The molecule has 0 aliphatic carbocycles. The van der Waals surface area contributed by atoms with Crippen molar-refractivity contribution in [2.75, 3.05) is 13.2 Å². The van der Waals surface area contributed by atoms with E-state index in [1.807, 2.05) is 6.08 Å². The van der Waals surface area contributed by atoms with Crippen molar-refractivity contribution in [2.45, 2.75) is 384 Å². The predicted molar refractivity (Wildman–Crippen MR) is 338 cm³/mol. The van der Waals surface area contributed by atoms with E-state index in [1.165, 1.54) is 218 Å². The maximum Gasteiger partial charge on any atom is 0.306 e. The first-order chi connectivity index (χ1) is 39.7. The van der Waals surface area contributed by atoms with Crippen LogP contribution in [0.5, 0.6) is 0 Å². The van der Waals surface area contributed by atoms with Gasteiger partial charge in [0, 0.05) is 6.42 Å². The third-order valence-electron chi connectivity index (χ3n) is 16.5. The van der Waals surface area contributed by atoms with Gasteiger partial charge in [0.2, 0.25) is 5.91 Å². The Morgan fingerprint density at radius 1 is 0.481 bits per heavy atom. The summed E-state index contributed by atoms with van der Waals surface area (Å²) < 4.78 is 17.7. The van der Waals surface area contributed by atoms with Gasteiger partial charge in [0.1, 0.15) is 24.4 Å². The minimum atomic E-state index is -1.61. The maximum atomic E-state index is 13.5. The fourth-order valence-electron chi connectivity index (χ4n) is 11.0. The zero-order valence-electron chi connectivity index (χ0n) is 52.9. The van der Waals surface area contributed by atoms with Crippen molar-refractivity contribution in [3.05, 3.63) is 36.5 Å². The molecule has 11 heteroatoms. The number of carbonyl (C=O) groups is 2. The largest absolute Gasteiger partial charge is 0.454 e. The highest BCUT2D eigenvalue weighted by Gasteiger charge is 2.47. The normalized spacial score (nSPS) is 18.8. The van der Waals surface area contributed by atoms with E-state index in [9.17, 15) is 35.1 Å². The van der Waals surface area contributed by atoms with Crippen LogP contribution in [0, 0.1) is 0 Å². The van der Waals surface area contributed by atoms with Gasteiger partial charge < -0.3 is 45.1 Å². The van der Waals surface area contributed by atoms with Gasteiger partial charge in [-0.2, -0.15) is 0 Å². The van der Waals surface area contributed by atoms with Crippen molar-refractivity contribution in [1.29, 1.82) is 0 Å². The summed E-state index contributed by atoms with van der Waals surface area (Å²) in [7, 11) is 0. The third kappa shape index (κ3) is 45.9. The third-order valence-corrected chi connectivity index (χ3v) is 16.5. The van der Waals surface area contributed by atoms with Crippen molar-refractivity contribution in [1.82, 2.24) is 5.32 Å². The summed E-state index contributed by atoms with van der Waals surface area (Å²) in [6.45, 7) is 5.82. The Kier molecular flexibility index (Phi) is 55.3. The summed E-state index contributed by atoms with van der Waals surface area (Å²) in [5.74, 6) is -1.18. The molecule has 8 unspecified atom stereocenters. The highest BCUT2D eigenvalue weighted by molar-refractivity contribution is 5.80. The number of nitrogens with one attached hydrogen (secondary N) is 1. The highest BCUT2D eigenvalue weighted by atomic mass is 16.7. The minimum absolute atomic E-state index is 0.129. The molecular weight excluding hydrogens is 1010 g/mol. The molecule has 0 saturated carbocycles. The number of allylic oxidation sites excluding steroid dienone is 5. The second kappa shape index (κ2) is 58.3. The molecule has 1 aliphatic heterocycles. The molecule has 1 saturated heterocycles. The molecule has 1 fully saturated rings. The van der Waals surface area contributed by atoms with E-state index < -0.39 is 67.4 Å². The van der Waals surface area contributed by atoms with Crippen LogP contribution < -0.4 is 5.32 Å². The zero-order valence-corrected chi connectivity index (χ0v) is 52.9. The van der Waals surface area contributed by atoms with Crippen LogP contribution in [0.4, 0.5) is 0 Å². The Bertz CT molecular complexity index is 1460. The van der Waals surface area contributed by atoms with Crippen LogP contribution in [-0.4, -0.2) is 99.6 Å². The Morgan fingerprint density at radius 2 is 0.852 bits per heavy atom. The van der Waals surface area contributed by atoms with Crippen LogP contribution >= 0.6 is 0 Å². The Balaban J connectivity index is 2.61. The lowest BCUT2D eigenvalue weighted by Gasteiger charge is -2.41. The fraction of sp³-hybridized carbons (Fsp3) is 0.886. The lowest BCUT2D eigenvalue weighted by Crippen LogP contribution is -2.61. The molecule has 1 aliphatic rings. The monoisotopic (exact) mass is 1150 g/mol. The van der Waals surface area contributed by atoms with Gasteiger partial charge in [0.25, 0.3) is 0 Å². The van der Waals surface area contributed by atoms with Gasteiger partial charge in [-0.3, -0.25) is 9.59 Å². The van der Waals surface area contributed by atoms with E-state index in [-0.39, 0.29) is 13.0 Å². The van der Waals surface area contributed by atoms with Gasteiger partial charge in [-0.25, -0.2) is 0 Å². The van der Waals surface area contributed by atoms with Gasteiger partial charge in [0.15, 0.2) is 12.4 Å². The second-order valence-electron chi connectivity index (χ2n) is 24.3. The summed E-state index contributed by atoms with van der Waals surface area (Å²) >= 11 is 0. The molecule has 11 nitrogen and oxygen atoms in total. The SMILES string of the molecule is CCCCC/C=C\C/C=C\CCCCCCCCCCCCC(O)C(=O)NC(COC1OC(CO)C(O)C(O)C1OC(=O)CCCCCCCCCCCCCCCCCCCCC)C(O)/C=C/CCCCCCCCCCCCC. The average molecular weight is 1150 g/mol. The van der Waals surface area contributed by atoms with Crippen molar-refractivity contribution >= 4 is 11.9 Å². The van der Waals surface area contributed by atoms with Crippen molar-refractivity contribution < 1.29 is 49.3 Å². The number of hydrogen-bond donors (Lipinski definition) is 6. The van der Waals surface area contributed by atoms with E-state index >= 15 is 0 Å². The highest BCUT2D eigenvalue weighted by Crippen LogP contribution is 2.26. The van der Waals surface area contributed by atoms with E-state index in [0.29, 0.717) is 19.3 Å². The molecule has 8 atom stereocenters. The van der Waals surface area contributed by atoms with Crippen LogP contribution in [0.2, 0.25) is 0 Å². The number of amides is 1. The number of aliphatic hydroxyl groups is 5. The van der Waals surface area contributed by atoms with Gasteiger partial charge in [0.05, 0.1) is 25.4 Å². The van der Waals surface area contributed by atoms with E-state index in [0.717, 1.165) is 70.6 Å². The summed E-state index contributed by atoms with van der Waals surface area (Å²) in [6, 6.07) is -1.02. The van der Waals surface area contributed by atoms with E-state index in [1.54, 1.807) is 6.08 Å². The van der Waals surface area contributed by atoms with Crippen LogP contribution in [0.1, 0.15) is 335 Å². The van der Waals surface area contributed by atoms with Gasteiger partial charge in [-0.15, -0.1) is 0 Å². The quantitative estimate of drug-likeness (QED) is 0.0195. The molecule has 0 bridgehead atoms.